The molecule has 0 radical (unpaired) electrons. The Hall–Kier alpha value is -0.870. The zero-order valence-electron chi connectivity index (χ0n) is 10.5. The van der Waals surface area contributed by atoms with Gasteiger partial charge >= 0.3 is 0 Å². The Bertz CT molecular complexity index is 428. The van der Waals surface area contributed by atoms with Crippen LogP contribution >= 0.6 is 15.9 Å². The molecule has 1 amide bonds. The van der Waals surface area contributed by atoms with Crippen LogP contribution < -0.4 is 5.32 Å². The summed E-state index contributed by atoms with van der Waals surface area (Å²) in [6.45, 7) is 3.54. The lowest BCUT2D eigenvalue weighted by molar-refractivity contribution is 0.0906. The Morgan fingerprint density at radius 2 is 2.39 bits per heavy atom. The van der Waals surface area contributed by atoms with Crippen molar-refractivity contribution in [3.63, 3.8) is 0 Å². The predicted molar refractivity (Wildman–Crippen MR) is 74.8 cm³/mol. The minimum absolute atomic E-state index is 0.0279. The van der Waals surface area contributed by atoms with Crippen LogP contribution in [-0.4, -0.2) is 25.2 Å². The van der Waals surface area contributed by atoms with Gasteiger partial charge in [-0.2, -0.15) is 0 Å². The van der Waals surface area contributed by atoms with E-state index < -0.39 is 0 Å². The van der Waals surface area contributed by atoms with Crippen LogP contribution in [0.5, 0.6) is 0 Å². The molecule has 1 saturated heterocycles. The molecule has 1 aliphatic heterocycles. The standard InChI is InChI=1S/C14H18BrNO2/c1-10-4-5-12(13(15)9-10)14(17)16-7-6-11-3-2-8-18-11/h4-5,9,11H,2-3,6-8H2,1H3,(H,16,17). The highest BCUT2D eigenvalue weighted by Crippen LogP contribution is 2.18. The van der Waals surface area contributed by atoms with E-state index in [4.69, 9.17) is 4.74 Å². The number of aryl methyl sites for hydroxylation is 1. The van der Waals surface area contributed by atoms with Gasteiger partial charge in [-0.15, -0.1) is 0 Å². The van der Waals surface area contributed by atoms with E-state index in [-0.39, 0.29) is 5.91 Å². The fourth-order valence-electron chi connectivity index (χ4n) is 2.12. The third kappa shape index (κ3) is 3.56. The molecule has 1 fully saturated rings. The summed E-state index contributed by atoms with van der Waals surface area (Å²) in [5, 5.41) is 2.94. The first-order valence-corrected chi connectivity index (χ1v) is 7.12. The maximum atomic E-state index is 12.0. The van der Waals surface area contributed by atoms with Gasteiger partial charge in [-0.1, -0.05) is 6.07 Å². The fourth-order valence-corrected chi connectivity index (χ4v) is 2.79. The molecule has 1 atom stereocenters. The lowest BCUT2D eigenvalue weighted by Gasteiger charge is -2.11. The monoisotopic (exact) mass is 311 g/mol. The molecule has 1 aliphatic rings. The zero-order chi connectivity index (χ0) is 13.0. The van der Waals surface area contributed by atoms with Gasteiger partial charge in [0, 0.05) is 17.6 Å². The Labute approximate surface area is 116 Å². The van der Waals surface area contributed by atoms with Crippen molar-refractivity contribution in [1.29, 1.82) is 0 Å². The van der Waals surface area contributed by atoms with Crippen molar-refractivity contribution in [3.05, 3.63) is 33.8 Å². The molecular weight excluding hydrogens is 294 g/mol. The van der Waals surface area contributed by atoms with Crippen LogP contribution in [0.2, 0.25) is 0 Å². The minimum atomic E-state index is -0.0279. The summed E-state index contributed by atoms with van der Waals surface area (Å²) in [6, 6.07) is 5.75. The van der Waals surface area contributed by atoms with Crippen molar-refractivity contribution in [1.82, 2.24) is 5.32 Å². The molecule has 18 heavy (non-hydrogen) atoms. The largest absolute Gasteiger partial charge is 0.378 e. The average Bonchev–Trinajstić information content (AvgIpc) is 2.81. The molecule has 1 aromatic carbocycles. The number of ether oxygens (including phenoxy) is 1. The highest BCUT2D eigenvalue weighted by molar-refractivity contribution is 9.10. The van der Waals surface area contributed by atoms with E-state index in [1.54, 1.807) is 0 Å². The lowest BCUT2D eigenvalue weighted by Crippen LogP contribution is -2.27. The molecule has 1 aromatic rings. The number of carbonyl (C=O) groups is 1. The van der Waals surface area contributed by atoms with Gasteiger partial charge in [-0.3, -0.25) is 4.79 Å². The van der Waals surface area contributed by atoms with E-state index in [0.717, 1.165) is 35.9 Å². The number of hydrogen-bond donors (Lipinski definition) is 1. The molecule has 1 unspecified atom stereocenters. The summed E-state index contributed by atoms with van der Waals surface area (Å²) in [5.41, 5.74) is 1.82. The molecule has 3 nitrogen and oxygen atoms in total. The molecule has 4 heteroatoms. The highest BCUT2D eigenvalue weighted by atomic mass is 79.9. The zero-order valence-corrected chi connectivity index (χ0v) is 12.1. The van der Waals surface area contributed by atoms with Crippen molar-refractivity contribution < 1.29 is 9.53 Å². The van der Waals surface area contributed by atoms with E-state index in [2.05, 4.69) is 21.2 Å². The van der Waals surface area contributed by atoms with Gasteiger partial charge in [0.1, 0.15) is 0 Å². The first-order valence-electron chi connectivity index (χ1n) is 6.33. The van der Waals surface area contributed by atoms with Crippen molar-refractivity contribution in [2.75, 3.05) is 13.2 Å². The van der Waals surface area contributed by atoms with Gasteiger partial charge < -0.3 is 10.1 Å². The van der Waals surface area contributed by atoms with E-state index in [9.17, 15) is 4.79 Å². The molecule has 1 heterocycles. The van der Waals surface area contributed by atoms with Crippen LogP contribution in [0.25, 0.3) is 0 Å². The first kappa shape index (κ1) is 13.6. The van der Waals surface area contributed by atoms with Gasteiger partial charge in [-0.25, -0.2) is 0 Å². The van der Waals surface area contributed by atoms with E-state index >= 15 is 0 Å². The van der Waals surface area contributed by atoms with E-state index in [1.807, 2.05) is 25.1 Å². The normalized spacial score (nSPS) is 18.9. The van der Waals surface area contributed by atoms with Crippen LogP contribution in [0.4, 0.5) is 0 Å². The van der Waals surface area contributed by atoms with Crippen molar-refractivity contribution in [2.24, 2.45) is 0 Å². The maximum Gasteiger partial charge on any atom is 0.252 e. The maximum absolute atomic E-state index is 12.0. The fraction of sp³-hybridized carbons (Fsp3) is 0.500. The van der Waals surface area contributed by atoms with Crippen molar-refractivity contribution in [3.8, 4) is 0 Å². The van der Waals surface area contributed by atoms with Crippen LogP contribution in [0.15, 0.2) is 22.7 Å². The predicted octanol–water partition coefficient (Wildman–Crippen LogP) is 3.06. The SMILES string of the molecule is Cc1ccc(C(=O)NCCC2CCCO2)c(Br)c1. The van der Waals surface area contributed by atoms with E-state index in [0.29, 0.717) is 18.2 Å². The third-order valence-electron chi connectivity index (χ3n) is 3.15. The number of rotatable bonds is 4. The summed E-state index contributed by atoms with van der Waals surface area (Å²) in [4.78, 5) is 12.0. The molecular formula is C14H18BrNO2. The molecule has 2 rings (SSSR count). The molecule has 0 bridgehead atoms. The van der Waals surface area contributed by atoms with E-state index in [1.165, 1.54) is 0 Å². The molecule has 0 spiro atoms. The number of halogens is 1. The van der Waals surface area contributed by atoms with Gasteiger partial charge in [0.2, 0.25) is 0 Å². The molecule has 98 valence electrons. The van der Waals surface area contributed by atoms with Gasteiger partial charge in [0.15, 0.2) is 0 Å². The summed E-state index contributed by atoms with van der Waals surface area (Å²) in [6.07, 6.45) is 3.48. The van der Waals surface area contributed by atoms with Gasteiger partial charge in [0.05, 0.1) is 11.7 Å². The number of nitrogens with one attached hydrogen (secondary N) is 1. The Morgan fingerprint density at radius 3 is 3.06 bits per heavy atom. The summed E-state index contributed by atoms with van der Waals surface area (Å²) in [7, 11) is 0. The minimum Gasteiger partial charge on any atom is -0.378 e. The number of amides is 1. The third-order valence-corrected chi connectivity index (χ3v) is 3.80. The number of carbonyl (C=O) groups excluding carboxylic acids is 1. The quantitative estimate of drug-likeness (QED) is 0.928. The number of benzene rings is 1. The molecule has 0 saturated carbocycles. The second kappa shape index (κ2) is 6.34. The molecule has 1 N–H and O–H groups in total. The van der Waals surface area contributed by atoms with Crippen LogP contribution in [0, 0.1) is 6.92 Å². The van der Waals surface area contributed by atoms with Crippen LogP contribution in [0.1, 0.15) is 35.2 Å². The lowest BCUT2D eigenvalue weighted by atomic mass is 10.1. The van der Waals surface area contributed by atoms with Gasteiger partial charge in [0.25, 0.3) is 5.91 Å². The van der Waals surface area contributed by atoms with Gasteiger partial charge in [-0.05, 0) is 59.8 Å². The van der Waals surface area contributed by atoms with Crippen molar-refractivity contribution >= 4 is 21.8 Å². The first-order chi connectivity index (χ1) is 8.66. The summed E-state index contributed by atoms with van der Waals surface area (Å²) in [5.74, 6) is -0.0279. The Morgan fingerprint density at radius 1 is 1.56 bits per heavy atom. The highest BCUT2D eigenvalue weighted by Gasteiger charge is 2.16. The summed E-state index contributed by atoms with van der Waals surface area (Å²) >= 11 is 3.42. The van der Waals surface area contributed by atoms with Crippen LogP contribution in [0.3, 0.4) is 0 Å². The second-order valence-corrected chi connectivity index (χ2v) is 5.52. The summed E-state index contributed by atoms with van der Waals surface area (Å²) < 4.78 is 6.36. The molecule has 0 aromatic heterocycles. The van der Waals surface area contributed by atoms with Crippen molar-refractivity contribution in [2.45, 2.75) is 32.3 Å². The smallest absolute Gasteiger partial charge is 0.252 e. The Kier molecular flexibility index (Phi) is 4.78. The van der Waals surface area contributed by atoms with Crippen LogP contribution in [-0.2, 0) is 4.74 Å². The Balaban J connectivity index is 1.83. The number of hydrogen-bond acceptors (Lipinski definition) is 2. The topological polar surface area (TPSA) is 38.3 Å². The molecule has 0 aliphatic carbocycles. The second-order valence-electron chi connectivity index (χ2n) is 4.66. The average molecular weight is 312 g/mol.